The lowest BCUT2D eigenvalue weighted by molar-refractivity contribution is -0.160. The molecule has 4 aliphatic rings. The van der Waals surface area contributed by atoms with Crippen LogP contribution in [-0.4, -0.2) is 88.6 Å². The molecule has 0 saturated carbocycles. The first-order valence-corrected chi connectivity index (χ1v) is 16.6. The lowest BCUT2D eigenvalue weighted by Gasteiger charge is -2.37. The van der Waals surface area contributed by atoms with Crippen LogP contribution in [0.5, 0.6) is 0 Å². The Kier molecular flexibility index (Phi) is 10.8. The smallest absolute Gasteiger partial charge is 0.313 e. The minimum absolute atomic E-state index is 0.0287. The van der Waals surface area contributed by atoms with Gasteiger partial charge in [0, 0.05) is 32.2 Å². The molecule has 5 rings (SSSR count). The van der Waals surface area contributed by atoms with Crippen molar-refractivity contribution in [2.24, 2.45) is 11.8 Å². The molecule has 10 nitrogen and oxygen atoms in total. The molecule has 4 aliphatic heterocycles. The molecule has 0 aromatic heterocycles. The van der Waals surface area contributed by atoms with Gasteiger partial charge in [-0.25, -0.2) is 0 Å². The molecule has 0 radical (unpaired) electrons. The van der Waals surface area contributed by atoms with Crippen LogP contribution < -0.4 is 5.32 Å². The molecule has 2 fully saturated rings. The Labute approximate surface area is 265 Å². The third kappa shape index (κ3) is 6.72. The molecule has 2 N–H and O–H groups in total. The summed E-state index contributed by atoms with van der Waals surface area (Å²) in [6, 6.07) is 8.29. The predicted molar refractivity (Wildman–Crippen MR) is 168 cm³/mol. The van der Waals surface area contributed by atoms with Crippen LogP contribution in [0.1, 0.15) is 76.9 Å². The van der Waals surface area contributed by atoms with Gasteiger partial charge in [0.2, 0.25) is 17.7 Å². The number of rotatable bonds is 10. The van der Waals surface area contributed by atoms with E-state index in [4.69, 9.17) is 9.47 Å². The van der Waals surface area contributed by atoms with Crippen LogP contribution in [0.25, 0.3) is 0 Å². The number of allylic oxidation sites excluding steroid dienone is 1. The number of carbonyl (C=O) groups is 4. The van der Waals surface area contributed by atoms with E-state index in [2.05, 4.69) is 12.2 Å². The van der Waals surface area contributed by atoms with E-state index in [9.17, 15) is 24.3 Å². The Morgan fingerprint density at radius 1 is 1.04 bits per heavy atom. The zero-order valence-electron chi connectivity index (χ0n) is 26.4. The maximum Gasteiger partial charge on any atom is 0.313 e. The van der Waals surface area contributed by atoms with Gasteiger partial charge in [-0.15, -0.1) is 0 Å². The summed E-state index contributed by atoms with van der Waals surface area (Å²) in [5, 5.41) is 12.1. The Morgan fingerprint density at radius 2 is 1.82 bits per heavy atom. The first-order valence-electron chi connectivity index (χ1n) is 16.6. The molecule has 45 heavy (non-hydrogen) atoms. The first kappa shape index (κ1) is 32.9. The summed E-state index contributed by atoms with van der Waals surface area (Å²) in [6.07, 6.45) is 11.2. The van der Waals surface area contributed by atoms with Crippen LogP contribution in [-0.2, 0) is 28.7 Å². The van der Waals surface area contributed by atoms with E-state index in [0.29, 0.717) is 32.4 Å². The highest BCUT2D eigenvalue weighted by Crippen LogP contribution is 2.53. The minimum atomic E-state index is -1.34. The zero-order valence-corrected chi connectivity index (χ0v) is 26.4. The molecule has 2 saturated heterocycles. The van der Waals surface area contributed by atoms with E-state index in [-0.39, 0.29) is 43.3 Å². The SMILES string of the molecule is CCCC(C)N1CC=C[C@]23O[C@@H]4/C=C\CCC(=O)NC[C@@H](c5ccccc5)OC(=O)[C@@H]4[C@H]2C(=O)N(CCCCCCO)[C@@H]3C1=O. The number of cyclic esters (lactones) is 1. The summed E-state index contributed by atoms with van der Waals surface area (Å²) >= 11 is 0. The number of aliphatic hydroxyl groups excluding tert-OH is 1. The van der Waals surface area contributed by atoms with Crippen LogP contribution >= 0.6 is 0 Å². The van der Waals surface area contributed by atoms with Gasteiger partial charge >= 0.3 is 5.97 Å². The van der Waals surface area contributed by atoms with Gasteiger partial charge in [0.1, 0.15) is 23.7 Å². The Bertz CT molecular complexity index is 1280. The van der Waals surface area contributed by atoms with Crippen molar-refractivity contribution >= 4 is 23.7 Å². The van der Waals surface area contributed by atoms with Crippen molar-refractivity contribution in [2.75, 3.05) is 26.2 Å². The molecule has 4 heterocycles. The van der Waals surface area contributed by atoms with Crippen molar-refractivity contribution in [1.82, 2.24) is 15.1 Å². The van der Waals surface area contributed by atoms with Crippen molar-refractivity contribution in [3.63, 3.8) is 0 Å². The summed E-state index contributed by atoms with van der Waals surface area (Å²) in [6.45, 7) is 5.08. The van der Waals surface area contributed by atoms with Crippen LogP contribution in [0.2, 0.25) is 0 Å². The topological polar surface area (TPSA) is 125 Å². The largest absolute Gasteiger partial charge is 0.455 e. The fraction of sp³-hybridized carbons (Fsp3) is 0.600. The summed E-state index contributed by atoms with van der Waals surface area (Å²) < 4.78 is 12.9. The molecule has 7 atom stereocenters. The van der Waals surface area contributed by atoms with Crippen molar-refractivity contribution in [2.45, 2.75) is 95.1 Å². The second-order valence-electron chi connectivity index (χ2n) is 12.6. The van der Waals surface area contributed by atoms with Crippen LogP contribution in [0.3, 0.4) is 0 Å². The number of amides is 3. The summed E-state index contributed by atoms with van der Waals surface area (Å²) in [7, 11) is 0. The molecule has 244 valence electrons. The maximum absolute atomic E-state index is 14.5. The van der Waals surface area contributed by atoms with Crippen molar-refractivity contribution < 1.29 is 33.8 Å². The third-order valence-corrected chi connectivity index (χ3v) is 9.62. The highest BCUT2D eigenvalue weighted by molar-refractivity contribution is 5.99. The highest BCUT2D eigenvalue weighted by Gasteiger charge is 2.71. The lowest BCUT2D eigenvalue weighted by atomic mass is 9.77. The van der Waals surface area contributed by atoms with Gasteiger partial charge in [-0.3, -0.25) is 19.2 Å². The molecule has 1 aromatic rings. The van der Waals surface area contributed by atoms with E-state index in [1.165, 1.54) is 0 Å². The van der Waals surface area contributed by atoms with E-state index >= 15 is 0 Å². The zero-order chi connectivity index (χ0) is 32.0. The number of fused-ring (bicyclic) bond motifs is 2. The van der Waals surface area contributed by atoms with Crippen molar-refractivity contribution in [3.8, 4) is 0 Å². The first-order chi connectivity index (χ1) is 21.8. The number of likely N-dealkylation sites (tertiary alicyclic amines) is 1. The summed E-state index contributed by atoms with van der Waals surface area (Å²) in [5.41, 5.74) is -0.607. The lowest BCUT2D eigenvalue weighted by Crippen LogP contribution is -2.56. The Morgan fingerprint density at radius 3 is 2.58 bits per heavy atom. The second kappa shape index (κ2) is 14.7. The number of esters is 1. The van der Waals surface area contributed by atoms with Gasteiger partial charge in [-0.05, 0) is 38.2 Å². The Hall–Kier alpha value is -3.50. The highest BCUT2D eigenvalue weighted by atomic mass is 16.6. The summed E-state index contributed by atoms with van der Waals surface area (Å²) in [4.78, 5) is 59.2. The number of nitrogens with one attached hydrogen (secondary N) is 1. The van der Waals surface area contributed by atoms with Gasteiger partial charge in [0.15, 0.2) is 0 Å². The molecule has 0 aliphatic carbocycles. The molecule has 3 amide bonds. The molecule has 0 bridgehead atoms. The number of hydrogen-bond acceptors (Lipinski definition) is 7. The molecule has 10 heteroatoms. The van der Waals surface area contributed by atoms with E-state index in [0.717, 1.165) is 31.2 Å². The van der Waals surface area contributed by atoms with Crippen molar-refractivity contribution in [1.29, 1.82) is 0 Å². The second-order valence-corrected chi connectivity index (χ2v) is 12.6. The average molecular weight is 622 g/mol. The van der Waals surface area contributed by atoms with Gasteiger partial charge in [0.05, 0.1) is 18.6 Å². The Balaban J connectivity index is 1.53. The van der Waals surface area contributed by atoms with E-state index < -0.39 is 41.7 Å². The number of ether oxygens (including phenoxy) is 2. The van der Waals surface area contributed by atoms with Crippen LogP contribution in [0, 0.1) is 11.8 Å². The number of hydrogen-bond donors (Lipinski definition) is 2. The molecular weight excluding hydrogens is 574 g/mol. The molecule has 1 aromatic carbocycles. The number of nitrogens with zero attached hydrogens (tertiary/aromatic N) is 2. The number of unbranched alkanes of at least 4 members (excludes halogenated alkanes) is 3. The van der Waals surface area contributed by atoms with Crippen molar-refractivity contribution in [3.05, 3.63) is 60.2 Å². The average Bonchev–Trinajstić information content (AvgIpc) is 3.41. The number of aliphatic hydroxyl groups is 1. The van der Waals surface area contributed by atoms with E-state index in [1.807, 2.05) is 60.4 Å². The van der Waals surface area contributed by atoms with Crippen LogP contribution in [0.4, 0.5) is 0 Å². The van der Waals surface area contributed by atoms with E-state index in [1.54, 1.807) is 11.0 Å². The fourth-order valence-electron chi connectivity index (χ4n) is 7.38. The fourth-order valence-corrected chi connectivity index (χ4v) is 7.38. The summed E-state index contributed by atoms with van der Waals surface area (Å²) in [5.74, 6) is -3.11. The third-order valence-electron chi connectivity index (χ3n) is 9.62. The minimum Gasteiger partial charge on any atom is -0.455 e. The number of carbonyl (C=O) groups excluding carboxylic acids is 4. The van der Waals surface area contributed by atoms with Crippen LogP contribution in [0.15, 0.2) is 54.6 Å². The molecule has 1 unspecified atom stereocenters. The standard InChI is InChI=1S/C35H47N3O7/c1-3-14-24(2)37-21-13-19-35-30(32(41)38(31(35)33(37)42)20-11-4-5-12-22-39)29-26(45-35)17-9-10-18-28(40)36-23-27(44-34(29)43)25-15-7-6-8-16-25/h6-9,13,15-17,19,24,26-27,29-31,39H,3-5,10-12,14,18,20-23H2,1-2H3,(H,36,40)/b17-9-/t24?,26-,27+,29+,30+,31-,35+/m1/s1. The quantitative estimate of drug-likeness (QED) is 0.233. The van der Waals surface area contributed by atoms with Gasteiger partial charge in [-0.2, -0.15) is 0 Å². The monoisotopic (exact) mass is 621 g/mol. The molecule has 1 spiro atoms. The predicted octanol–water partition coefficient (Wildman–Crippen LogP) is 3.46. The van der Waals surface area contributed by atoms with Gasteiger partial charge in [0.25, 0.3) is 0 Å². The van der Waals surface area contributed by atoms with Gasteiger partial charge in [-0.1, -0.05) is 80.8 Å². The molecular formula is C35H47N3O7. The maximum atomic E-state index is 14.5. The normalized spacial score (nSPS) is 31.6. The number of benzene rings is 1. The van der Waals surface area contributed by atoms with Gasteiger partial charge < -0.3 is 29.7 Å².